The van der Waals surface area contributed by atoms with E-state index in [-0.39, 0.29) is 16.8 Å². The van der Waals surface area contributed by atoms with E-state index < -0.39 is 52.6 Å². The minimum atomic E-state index is -0.819. The molecule has 0 unspecified atom stereocenters. The van der Waals surface area contributed by atoms with Crippen molar-refractivity contribution in [2.75, 3.05) is 6.54 Å². The fraction of sp³-hybridized carbons (Fsp3) is 0.304. The van der Waals surface area contributed by atoms with Crippen molar-refractivity contribution in [2.45, 2.75) is 25.7 Å². The number of nitrogens with zero attached hydrogens (tertiary/aromatic N) is 3. The molecule has 0 radical (unpaired) electrons. The third-order valence-electron chi connectivity index (χ3n) is 6.08. The molecule has 10 heteroatoms. The molecule has 9 nitrogen and oxygen atoms in total. The van der Waals surface area contributed by atoms with Gasteiger partial charge in [0.15, 0.2) is 5.78 Å². The van der Waals surface area contributed by atoms with Crippen LogP contribution in [0.2, 0.25) is 0 Å². The SMILES string of the molecule is O=C(CN(C(=O)c1ccc([N+](=O)[O-])cc1)N1C(=O)[C@H]2CCCC[C@@H]2C1=O)c1ccc(F)cc1. The first kappa shape index (κ1) is 22.3. The Balaban J connectivity index is 1.68. The molecule has 1 aliphatic heterocycles. The van der Waals surface area contributed by atoms with Gasteiger partial charge in [0.1, 0.15) is 12.4 Å². The van der Waals surface area contributed by atoms with E-state index >= 15 is 0 Å². The molecule has 0 aromatic heterocycles. The summed E-state index contributed by atoms with van der Waals surface area (Å²) in [5.41, 5.74) is -0.155. The molecule has 1 saturated carbocycles. The number of non-ortho nitro benzene ring substituents is 1. The first-order chi connectivity index (χ1) is 15.8. The number of Topliss-reactive ketones (excluding diaryl/α,β-unsaturated/α-hetero) is 1. The fourth-order valence-electron chi connectivity index (χ4n) is 4.35. The number of hydrogen-bond acceptors (Lipinski definition) is 6. The van der Waals surface area contributed by atoms with E-state index in [9.17, 15) is 33.7 Å². The van der Waals surface area contributed by atoms with Crippen molar-refractivity contribution in [2.24, 2.45) is 11.8 Å². The number of carbonyl (C=O) groups excluding carboxylic acids is 4. The van der Waals surface area contributed by atoms with Gasteiger partial charge in [-0.1, -0.05) is 12.8 Å². The number of halogens is 1. The lowest BCUT2D eigenvalue weighted by Crippen LogP contribution is -2.52. The minimum absolute atomic E-state index is 0.0250. The number of ketones is 1. The summed E-state index contributed by atoms with van der Waals surface area (Å²) in [6.45, 7) is -0.627. The first-order valence-electron chi connectivity index (χ1n) is 10.5. The average molecular weight is 453 g/mol. The van der Waals surface area contributed by atoms with Crippen molar-refractivity contribution in [3.63, 3.8) is 0 Å². The highest BCUT2D eigenvalue weighted by atomic mass is 19.1. The third kappa shape index (κ3) is 4.23. The largest absolute Gasteiger partial charge is 0.292 e. The van der Waals surface area contributed by atoms with Gasteiger partial charge in [-0.2, -0.15) is 5.01 Å². The summed E-state index contributed by atoms with van der Waals surface area (Å²) in [5.74, 6) is -4.11. The molecule has 1 aliphatic carbocycles. The van der Waals surface area contributed by atoms with Crippen LogP contribution in [0.1, 0.15) is 46.4 Å². The van der Waals surface area contributed by atoms with E-state index in [0.717, 1.165) is 47.1 Å². The summed E-state index contributed by atoms with van der Waals surface area (Å²) < 4.78 is 13.2. The molecule has 2 aromatic rings. The predicted molar refractivity (Wildman–Crippen MR) is 112 cm³/mol. The lowest BCUT2D eigenvalue weighted by Gasteiger charge is -2.30. The Morgan fingerprint density at radius 1 is 0.939 bits per heavy atom. The average Bonchev–Trinajstić information content (AvgIpc) is 3.07. The molecule has 33 heavy (non-hydrogen) atoms. The van der Waals surface area contributed by atoms with Gasteiger partial charge in [0.2, 0.25) is 0 Å². The highest BCUT2D eigenvalue weighted by molar-refractivity contribution is 6.09. The van der Waals surface area contributed by atoms with Gasteiger partial charge in [-0.05, 0) is 49.2 Å². The topological polar surface area (TPSA) is 118 Å². The van der Waals surface area contributed by atoms with Crippen LogP contribution in [0.4, 0.5) is 10.1 Å². The van der Waals surface area contributed by atoms with Crippen LogP contribution < -0.4 is 0 Å². The monoisotopic (exact) mass is 453 g/mol. The molecule has 2 aromatic carbocycles. The van der Waals surface area contributed by atoms with Crippen LogP contribution in [0, 0.1) is 27.8 Å². The van der Waals surface area contributed by atoms with E-state index in [1.54, 1.807) is 0 Å². The molecule has 4 rings (SSSR count). The number of carbonyl (C=O) groups is 4. The number of benzene rings is 2. The molecule has 0 spiro atoms. The molecule has 2 fully saturated rings. The molecular formula is C23H20FN3O6. The third-order valence-corrected chi connectivity index (χ3v) is 6.08. The molecule has 2 aliphatic rings. The molecule has 3 amide bonds. The summed E-state index contributed by atoms with van der Waals surface area (Å²) in [7, 11) is 0. The molecule has 0 bridgehead atoms. The Hall–Kier alpha value is -3.95. The van der Waals surface area contributed by atoms with Gasteiger partial charge in [0, 0.05) is 23.3 Å². The van der Waals surface area contributed by atoms with Crippen LogP contribution in [0.5, 0.6) is 0 Å². The van der Waals surface area contributed by atoms with E-state index in [1.807, 2.05) is 0 Å². The number of hydrogen-bond donors (Lipinski definition) is 0. The summed E-state index contributed by atoms with van der Waals surface area (Å²) >= 11 is 0. The summed E-state index contributed by atoms with van der Waals surface area (Å²) in [4.78, 5) is 62.7. The van der Waals surface area contributed by atoms with E-state index in [1.165, 1.54) is 24.3 Å². The number of rotatable bonds is 6. The zero-order valence-electron chi connectivity index (χ0n) is 17.5. The Morgan fingerprint density at radius 3 is 1.97 bits per heavy atom. The predicted octanol–water partition coefficient (Wildman–Crippen LogP) is 3.15. The van der Waals surface area contributed by atoms with Gasteiger partial charge in [0.25, 0.3) is 23.4 Å². The Labute approximate surface area is 187 Å². The summed E-state index contributed by atoms with van der Waals surface area (Å²) in [5, 5.41) is 12.5. The highest BCUT2D eigenvalue weighted by Crippen LogP contribution is 2.39. The Bertz CT molecular complexity index is 1110. The van der Waals surface area contributed by atoms with Crippen molar-refractivity contribution in [1.29, 1.82) is 0 Å². The van der Waals surface area contributed by atoms with Crippen LogP contribution in [-0.2, 0) is 9.59 Å². The number of amides is 3. The van der Waals surface area contributed by atoms with E-state index in [0.29, 0.717) is 12.8 Å². The van der Waals surface area contributed by atoms with Gasteiger partial charge in [0.05, 0.1) is 16.8 Å². The molecule has 2 atom stereocenters. The van der Waals surface area contributed by atoms with Crippen LogP contribution in [-0.4, -0.2) is 45.0 Å². The van der Waals surface area contributed by atoms with Crippen LogP contribution in [0.25, 0.3) is 0 Å². The second kappa shape index (κ2) is 8.89. The fourth-order valence-corrected chi connectivity index (χ4v) is 4.35. The maximum absolute atomic E-state index is 13.3. The van der Waals surface area contributed by atoms with E-state index in [4.69, 9.17) is 0 Å². The Morgan fingerprint density at radius 2 is 1.45 bits per heavy atom. The highest BCUT2D eigenvalue weighted by Gasteiger charge is 2.51. The van der Waals surface area contributed by atoms with Crippen LogP contribution >= 0.6 is 0 Å². The number of fused-ring (bicyclic) bond motifs is 1. The lowest BCUT2D eigenvalue weighted by atomic mass is 9.81. The Kier molecular flexibility index (Phi) is 5.99. The van der Waals surface area contributed by atoms with Crippen LogP contribution in [0.3, 0.4) is 0 Å². The van der Waals surface area contributed by atoms with Gasteiger partial charge < -0.3 is 0 Å². The minimum Gasteiger partial charge on any atom is -0.292 e. The van der Waals surface area contributed by atoms with Gasteiger partial charge in [-0.15, -0.1) is 0 Å². The molecular weight excluding hydrogens is 433 g/mol. The summed E-state index contributed by atoms with van der Waals surface area (Å²) in [6.07, 6.45) is 2.63. The van der Waals surface area contributed by atoms with Gasteiger partial charge >= 0.3 is 0 Å². The smallest absolute Gasteiger partial charge is 0.273 e. The van der Waals surface area contributed by atoms with Crippen molar-refractivity contribution >= 4 is 29.2 Å². The summed E-state index contributed by atoms with van der Waals surface area (Å²) in [6, 6.07) is 9.34. The van der Waals surface area contributed by atoms with Gasteiger partial charge in [-0.25, -0.2) is 9.40 Å². The number of hydrazine groups is 1. The second-order valence-electron chi connectivity index (χ2n) is 8.08. The number of imide groups is 1. The van der Waals surface area contributed by atoms with Crippen molar-refractivity contribution in [3.05, 3.63) is 75.6 Å². The van der Waals surface area contributed by atoms with E-state index in [2.05, 4.69) is 0 Å². The standard InChI is InChI=1S/C23H20FN3O6/c24-16-9-5-14(6-10-16)20(28)13-25(21(29)15-7-11-17(12-8-15)27(32)33)26-22(30)18-3-1-2-4-19(18)23(26)31/h5-12,18-19H,1-4,13H2/t18-,19-/m0/s1. The maximum atomic E-state index is 13.3. The van der Waals surface area contributed by atoms with Crippen LogP contribution in [0.15, 0.2) is 48.5 Å². The number of nitro groups is 1. The zero-order chi connectivity index (χ0) is 23.7. The zero-order valence-corrected chi connectivity index (χ0v) is 17.5. The van der Waals surface area contributed by atoms with Crippen molar-refractivity contribution in [1.82, 2.24) is 10.0 Å². The second-order valence-corrected chi connectivity index (χ2v) is 8.08. The normalized spacial score (nSPS) is 19.8. The van der Waals surface area contributed by atoms with Crippen molar-refractivity contribution in [3.8, 4) is 0 Å². The lowest BCUT2D eigenvalue weighted by molar-refractivity contribution is -0.384. The van der Waals surface area contributed by atoms with Crippen molar-refractivity contribution < 1.29 is 28.5 Å². The maximum Gasteiger partial charge on any atom is 0.273 e. The first-order valence-corrected chi connectivity index (χ1v) is 10.5. The molecule has 1 heterocycles. The quantitative estimate of drug-likeness (QED) is 0.287. The van der Waals surface area contributed by atoms with Gasteiger partial charge in [-0.3, -0.25) is 29.3 Å². The molecule has 0 N–H and O–H groups in total. The molecule has 170 valence electrons. The molecule has 1 saturated heterocycles. The number of nitro benzene ring substituents is 1.